The van der Waals surface area contributed by atoms with Gasteiger partial charge in [0.1, 0.15) is 6.54 Å². The molecule has 7 heteroatoms. The van der Waals surface area contributed by atoms with Gasteiger partial charge >= 0.3 is 0 Å². The summed E-state index contributed by atoms with van der Waals surface area (Å²) in [5.74, 6) is -0.00500. The van der Waals surface area contributed by atoms with Gasteiger partial charge in [-0.15, -0.1) is 0 Å². The normalized spacial score (nSPS) is 15.4. The fourth-order valence-corrected chi connectivity index (χ4v) is 3.01. The summed E-state index contributed by atoms with van der Waals surface area (Å²) in [6, 6.07) is 5.03. The number of rotatable bonds is 5. The van der Waals surface area contributed by atoms with Crippen molar-refractivity contribution in [3.05, 3.63) is 47.5 Å². The first kappa shape index (κ1) is 17.4. The van der Waals surface area contributed by atoms with E-state index in [2.05, 4.69) is 10.00 Å². The van der Waals surface area contributed by atoms with Gasteiger partial charge in [-0.2, -0.15) is 5.10 Å². The van der Waals surface area contributed by atoms with Crippen LogP contribution in [0.4, 0.5) is 4.39 Å². The molecule has 0 radical (unpaired) electrons. The lowest BCUT2D eigenvalue weighted by molar-refractivity contribution is -0.133. The number of benzene rings is 1. The Balaban J connectivity index is 1.49. The fourth-order valence-electron chi connectivity index (χ4n) is 3.01. The maximum absolute atomic E-state index is 13.8. The van der Waals surface area contributed by atoms with Crippen LogP contribution in [-0.4, -0.2) is 58.8 Å². The summed E-state index contributed by atoms with van der Waals surface area (Å²) in [6.07, 6.45) is 3.62. The monoisotopic (exact) mass is 346 g/mol. The lowest BCUT2D eigenvalue weighted by Gasteiger charge is -2.34. The van der Waals surface area contributed by atoms with Crippen molar-refractivity contribution in [2.45, 2.75) is 20.0 Å². The third-order valence-electron chi connectivity index (χ3n) is 4.41. The molecule has 1 aliphatic rings. The first-order chi connectivity index (χ1) is 12.0. The molecule has 1 aliphatic heterocycles. The number of halogens is 1. The molecule has 0 unspecified atom stereocenters. The molecule has 1 fully saturated rings. The Morgan fingerprint density at radius 2 is 2.04 bits per heavy atom. The number of ether oxygens (including phenoxy) is 1. The lowest BCUT2D eigenvalue weighted by Crippen LogP contribution is -2.49. The molecule has 6 nitrogen and oxygen atoms in total. The number of carbonyl (C=O) groups excluding carboxylic acids is 1. The van der Waals surface area contributed by atoms with Crippen LogP contribution in [0.1, 0.15) is 11.1 Å². The summed E-state index contributed by atoms with van der Waals surface area (Å²) < 4.78 is 20.4. The summed E-state index contributed by atoms with van der Waals surface area (Å²) in [5.41, 5.74) is 1.95. The number of aromatic nitrogens is 2. The number of hydrogen-bond donors (Lipinski definition) is 0. The Morgan fingerprint density at radius 1 is 1.28 bits per heavy atom. The van der Waals surface area contributed by atoms with E-state index in [1.807, 2.05) is 24.1 Å². The third kappa shape index (κ3) is 4.36. The highest BCUT2D eigenvalue weighted by atomic mass is 19.1. The van der Waals surface area contributed by atoms with Crippen molar-refractivity contribution in [1.29, 1.82) is 0 Å². The molecule has 0 atom stereocenters. The molecular weight excluding hydrogens is 323 g/mol. The molecule has 0 spiro atoms. The van der Waals surface area contributed by atoms with E-state index in [0.717, 1.165) is 24.2 Å². The second kappa shape index (κ2) is 7.65. The minimum absolute atomic E-state index is 0.0817. The van der Waals surface area contributed by atoms with Crippen molar-refractivity contribution in [3.8, 4) is 5.75 Å². The van der Waals surface area contributed by atoms with Crippen LogP contribution in [-0.2, 0) is 17.9 Å². The van der Waals surface area contributed by atoms with Crippen LogP contribution >= 0.6 is 0 Å². The minimum Gasteiger partial charge on any atom is -0.494 e. The number of aryl methyl sites for hydroxylation is 1. The van der Waals surface area contributed by atoms with Crippen molar-refractivity contribution in [1.82, 2.24) is 19.6 Å². The second-order valence-electron chi connectivity index (χ2n) is 6.34. The van der Waals surface area contributed by atoms with Crippen molar-refractivity contribution in [2.24, 2.45) is 0 Å². The highest BCUT2D eigenvalue weighted by molar-refractivity contribution is 5.76. The maximum Gasteiger partial charge on any atom is 0.244 e. The van der Waals surface area contributed by atoms with Gasteiger partial charge in [0.2, 0.25) is 5.91 Å². The van der Waals surface area contributed by atoms with E-state index in [4.69, 9.17) is 4.74 Å². The van der Waals surface area contributed by atoms with E-state index in [1.54, 1.807) is 16.9 Å². The molecule has 25 heavy (non-hydrogen) atoms. The first-order valence-electron chi connectivity index (χ1n) is 8.37. The summed E-state index contributed by atoms with van der Waals surface area (Å²) in [7, 11) is 1.46. The molecule has 0 N–H and O–H groups in total. The number of hydrogen-bond acceptors (Lipinski definition) is 4. The van der Waals surface area contributed by atoms with Gasteiger partial charge < -0.3 is 9.64 Å². The van der Waals surface area contributed by atoms with Crippen LogP contribution < -0.4 is 4.74 Å². The molecular formula is C18H23FN4O2. The number of amides is 1. The Bertz CT molecular complexity index is 738. The molecule has 0 aliphatic carbocycles. The largest absolute Gasteiger partial charge is 0.494 e. The average Bonchev–Trinajstić information content (AvgIpc) is 3.00. The quantitative estimate of drug-likeness (QED) is 0.827. The van der Waals surface area contributed by atoms with Crippen LogP contribution in [0.3, 0.4) is 0 Å². The van der Waals surface area contributed by atoms with Gasteiger partial charge in [-0.25, -0.2) is 4.39 Å². The topological polar surface area (TPSA) is 50.6 Å². The van der Waals surface area contributed by atoms with E-state index >= 15 is 0 Å². The van der Waals surface area contributed by atoms with Crippen LogP contribution in [0.2, 0.25) is 0 Å². The van der Waals surface area contributed by atoms with Crippen LogP contribution in [0, 0.1) is 12.7 Å². The van der Waals surface area contributed by atoms with Gasteiger partial charge in [0, 0.05) is 38.9 Å². The molecule has 2 heterocycles. The zero-order chi connectivity index (χ0) is 17.8. The van der Waals surface area contributed by atoms with Crippen molar-refractivity contribution >= 4 is 5.91 Å². The highest BCUT2D eigenvalue weighted by Gasteiger charge is 2.21. The molecule has 0 bridgehead atoms. The Kier molecular flexibility index (Phi) is 5.33. The predicted octanol–water partition coefficient (Wildman–Crippen LogP) is 1.68. The molecule has 3 rings (SSSR count). The van der Waals surface area contributed by atoms with E-state index in [0.29, 0.717) is 19.6 Å². The Labute approximate surface area is 146 Å². The van der Waals surface area contributed by atoms with Gasteiger partial charge in [0.05, 0.1) is 13.3 Å². The smallest absolute Gasteiger partial charge is 0.244 e. The molecule has 1 aromatic carbocycles. The van der Waals surface area contributed by atoms with E-state index in [1.165, 1.54) is 13.2 Å². The van der Waals surface area contributed by atoms with Crippen molar-refractivity contribution < 1.29 is 13.9 Å². The Morgan fingerprint density at radius 3 is 2.64 bits per heavy atom. The Hall–Kier alpha value is -2.41. The predicted molar refractivity (Wildman–Crippen MR) is 91.8 cm³/mol. The lowest BCUT2D eigenvalue weighted by atomic mass is 10.2. The van der Waals surface area contributed by atoms with Gasteiger partial charge in [-0.05, 0) is 30.2 Å². The van der Waals surface area contributed by atoms with Crippen LogP contribution in [0.15, 0.2) is 30.6 Å². The van der Waals surface area contributed by atoms with Crippen molar-refractivity contribution in [2.75, 3.05) is 33.3 Å². The zero-order valence-electron chi connectivity index (χ0n) is 14.6. The first-order valence-corrected chi connectivity index (χ1v) is 8.37. The highest BCUT2D eigenvalue weighted by Crippen LogP contribution is 2.19. The summed E-state index contributed by atoms with van der Waals surface area (Å²) in [4.78, 5) is 16.4. The maximum atomic E-state index is 13.8. The van der Waals surface area contributed by atoms with Gasteiger partial charge in [0.25, 0.3) is 0 Å². The van der Waals surface area contributed by atoms with Crippen LogP contribution in [0.25, 0.3) is 0 Å². The van der Waals surface area contributed by atoms with E-state index in [9.17, 15) is 9.18 Å². The fraction of sp³-hybridized carbons (Fsp3) is 0.444. The molecule has 2 aromatic rings. The summed E-state index contributed by atoms with van der Waals surface area (Å²) in [5, 5.41) is 4.16. The number of methoxy groups -OCH3 is 1. The molecule has 134 valence electrons. The molecule has 0 saturated carbocycles. The number of carbonyl (C=O) groups is 1. The zero-order valence-corrected chi connectivity index (χ0v) is 14.6. The summed E-state index contributed by atoms with van der Waals surface area (Å²) in [6.45, 7) is 5.80. The number of piperazine rings is 1. The number of nitrogens with zero attached hydrogens (tertiary/aromatic N) is 4. The average molecular weight is 346 g/mol. The van der Waals surface area contributed by atoms with Gasteiger partial charge in [-0.3, -0.25) is 14.4 Å². The second-order valence-corrected chi connectivity index (χ2v) is 6.34. The van der Waals surface area contributed by atoms with E-state index in [-0.39, 0.29) is 24.0 Å². The summed E-state index contributed by atoms with van der Waals surface area (Å²) >= 11 is 0. The van der Waals surface area contributed by atoms with Crippen LogP contribution in [0.5, 0.6) is 5.75 Å². The SMILES string of the molecule is COc1ccc(CN2CCN(C(=O)Cn3cc(C)cn3)CC2)cc1F. The van der Waals surface area contributed by atoms with Gasteiger partial charge in [-0.1, -0.05) is 6.07 Å². The molecule has 1 amide bonds. The van der Waals surface area contributed by atoms with E-state index < -0.39 is 0 Å². The minimum atomic E-state index is -0.344. The van der Waals surface area contributed by atoms with Gasteiger partial charge in [0.15, 0.2) is 11.6 Å². The standard InChI is InChI=1S/C18H23FN4O2/c1-14-10-20-23(11-14)13-18(24)22-7-5-21(6-8-22)12-15-3-4-17(25-2)16(19)9-15/h3-4,9-11H,5-8,12-13H2,1-2H3. The molecule has 1 aromatic heterocycles. The molecule has 1 saturated heterocycles. The third-order valence-corrected chi connectivity index (χ3v) is 4.41. The van der Waals surface area contributed by atoms with Crippen molar-refractivity contribution in [3.63, 3.8) is 0 Å².